The van der Waals surface area contributed by atoms with Crippen LogP contribution in [0.2, 0.25) is 0 Å². The average Bonchev–Trinajstić information content (AvgIpc) is 2.64. The third kappa shape index (κ3) is 3.89. The zero-order valence-electron chi connectivity index (χ0n) is 14.2. The van der Waals surface area contributed by atoms with Crippen LogP contribution in [0.1, 0.15) is 36.0 Å². The number of benzene rings is 1. The van der Waals surface area contributed by atoms with Crippen LogP contribution in [0.4, 0.5) is 10.1 Å². The fourth-order valence-electron chi connectivity index (χ4n) is 3.25. The van der Waals surface area contributed by atoms with Crippen molar-refractivity contribution < 1.29 is 23.6 Å². The normalized spacial score (nSPS) is 21.3. The number of nitrogens with one attached hydrogen (secondary N) is 2. The van der Waals surface area contributed by atoms with Crippen molar-refractivity contribution in [2.24, 2.45) is 5.92 Å². The Balaban J connectivity index is 1.65. The second kappa shape index (κ2) is 7.63. The largest absolute Gasteiger partial charge is 0.371 e. The molecule has 2 saturated heterocycles. The molecule has 2 aliphatic rings. The van der Waals surface area contributed by atoms with Crippen LogP contribution >= 0.6 is 0 Å². The lowest BCUT2D eigenvalue weighted by molar-refractivity contribution is -0.134. The smallest absolute Gasteiger partial charge is 0.254 e. The molecule has 138 valence electrons. The average molecular weight is 361 g/mol. The second-order valence-electron chi connectivity index (χ2n) is 6.60. The van der Waals surface area contributed by atoms with Crippen molar-refractivity contribution in [1.82, 2.24) is 10.6 Å². The molecule has 0 saturated carbocycles. The first kappa shape index (κ1) is 18.0. The molecular formula is C18H20FN3O4. The highest BCUT2D eigenvalue weighted by atomic mass is 19.1. The van der Waals surface area contributed by atoms with Gasteiger partial charge in [0.1, 0.15) is 18.1 Å². The lowest BCUT2D eigenvalue weighted by Crippen LogP contribution is -2.52. The van der Waals surface area contributed by atoms with Crippen LogP contribution in [-0.2, 0) is 14.4 Å². The van der Waals surface area contributed by atoms with Gasteiger partial charge in [0.25, 0.3) is 5.91 Å². The van der Waals surface area contributed by atoms with E-state index in [4.69, 9.17) is 0 Å². The van der Waals surface area contributed by atoms with Gasteiger partial charge in [0.2, 0.25) is 11.8 Å². The van der Waals surface area contributed by atoms with Crippen molar-refractivity contribution in [2.75, 3.05) is 18.0 Å². The van der Waals surface area contributed by atoms with E-state index in [0.717, 1.165) is 19.1 Å². The maximum absolute atomic E-state index is 14.4. The molecule has 2 heterocycles. The summed E-state index contributed by atoms with van der Waals surface area (Å²) in [5.41, 5.74) is 0.505. The number of halogens is 1. The van der Waals surface area contributed by atoms with Gasteiger partial charge in [-0.25, -0.2) is 4.39 Å². The third-order valence-corrected chi connectivity index (χ3v) is 4.84. The molecule has 2 fully saturated rings. The van der Waals surface area contributed by atoms with Crippen molar-refractivity contribution in [3.05, 3.63) is 29.6 Å². The lowest BCUT2D eigenvalue weighted by atomic mass is 9.98. The van der Waals surface area contributed by atoms with E-state index in [-0.39, 0.29) is 30.2 Å². The molecule has 3 rings (SSSR count). The molecule has 7 nitrogen and oxygen atoms in total. The standard InChI is InChI=1S/C18H20FN3O4/c19-14-9-12(22-7-5-11(10-23)6-8-22)1-2-13(14)17(25)20-15-3-4-16(24)21-18(15)26/h1-2,9-11,15H,3-8H2,(H,20,25)(H,21,24,26). The molecule has 2 aliphatic heterocycles. The number of piperidine rings is 2. The van der Waals surface area contributed by atoms with E-state index in [1.165, 1.54) is 12.1 Å². The zero-order valence-corrected chi connectivity index (χ0v) is 14.2. The van der Waals surface area contributed by atoms with Crippen LogP contribution in [0.5, 0.6) is 0 Å². The number of amides is 3. The van der Waals surface area contributed by atoms with Gasteiger partial charge in [-0.1, -0.05) is 0 Å². The topological polar surface area (TPSA) is 95.6 Å². The first-order valence-corrected chi connectivity index (χ1v) is 8.62. The number of imide groups is 1. The van der Waals surface area contributed by atoms with E-state index in [0.29, 0.717) is 18.8 Å². The maximum atomic E-state index is 14.4. The lowest BCUT2D eigenvalue weighted by Gasteiger charge is -2.31. The highest BCUT2D eigenvalue weighted by Crippen LogP contribution is 2.24. The van der Waals surface area contributed by atoms with Crippen LogP contribution in [0.15, 0.2) is 18.2 Å². The van der Waals surface area contributed by atoms with Crippen molar-refractivity contribution in [3.8, 4) is 0 Å². The summed E-state index contributed by atoms with van der Waals surface area (Å²) in [5, 5.41) is 4.61. The number of carbonyl (C=O) groups excluding carboxylic acids is 4. The molecule has 0 aromatic heterocycles. The van der Waals surface area contributed by atoms with Crippen LogP contribution in [-0.4, -0.2) is 43.1 Å². The number of hydrogen-bond acceptors (Lipinski definition) is 5. The Morgan fingerprint density at radius 2 is 1.96 bits per heavy atom. The van der Waals surface area contributed by atoms with E-state index in [1.54, 1.807) is 6.07 Å². The first-order valence-electron chi connectivity index (χ1n) is 8.62. The number of nitrogens with zero attached hydrogens (tertiary/aromatic N) is 1. The monoisotopic (exact) mass is 361 g/mol. The molecule has 1 atom stereocenters. The summed E-state index contributed by atoms with van der Waals surface area (Å²) >= 11 is 0. The molecule has 0 radical (unpaired) electrons. The van der Waals surface area contributed by atoms with Gasteiger partial charge in [-0.3, -0.25) is 19.7 Å². The molecule has 2 N–H and O–H groups in total. The minimum absolute atomic E-state index is 0.0506. The summed E-state index contributed by atoms with van der Waals surface area (Å²) < 4.78 is 14.4. The van der Waals surface area contributed by atoms with Crippen LogP contribution in [0.25, 0.3) is 0 Å². The Morgan fingerprint density at radius 3 is 2.58 bits per heavy atom. The zero-order chi connectivity index (χ0) is 18.7. The molecule has 1 aromatic rings. The molecule has 8 heteroatoms. The molecule has 0 spiro atoms. The van der Waals surface area contributed by atoms with E-state index in [2.05, 4.69) is 10.6 Å². The predicted molar refractivity (Wildman–Crippen MR) is 91.0 cm³/mol. The van der Waals surface area contributed by atoms with Gasteiger partial charge in [0.05, 0.1) is 5.56 Å². The van der Waals surface area contributed by atoms with Crippen molar-refractivity contribution in [2.45, 2.75) is 31.7 Å². The number of rotatable bonds is 4. The quantitative estimate of drug-likeness (QED) is 0.610. The van der Waals surface area contributed by atoms with E-state index in [9.17, 15) is 23.6 Å². The van der Waals surface area contributed by atoms with Crippen LogP contribution in [0.3, 0.4) is 0 Å². The summed E-state index contributed by atoms with van der Waals surface area (Å²) in [6.45, 7) is 1.31. The van der Waals surface area contributed by atoms with Gasteiger partial charge in [0.15, 0.2) is 0 Å². The molecular weight excluding hydrogens is 341 g/mol. The Labute approximate surface area is 149 Å². The summed E-state index contributed by atoms with van der Waals surface area (Å²) in [5.74, 6) is -2.28. The summed E-state index contributed by atoms with van der Waals surface area (Å²) in [6, 6.07) is 3.49. The number of hydrogen-bond donors (Lipinski definition) is 2. The van der Waals surface area contributed by atoms with Gasteiger partial charge in [-0.2, -0.15) is 0 Å². The SMILES string of the molecule is O=CC1CCN(c2ccc(C(=O)NC3CCC(=O)NC3=O)c(F)c2)CC1. The molecule has 1 unspecified atom stereocenters. The third-order valence-electron chi connectivity index (χ3n) is 4.84. The van der Waals surface area contributed by atoms with E-state index in [1.807, 2.05) is 4.90 Å². The van der Waals surface area contributed by atoms with Gasteiger partial charge in [0, 0.05) is 31.1 Å². The molecule has 0 bridgehead atoms. The molecule has 3 amide bonds. The number of carbonyl (C=O) groups is 4. The first-order chi connectivity index (χ1) is 12.5. The van der Waals surface area contributed by atoms with Crippen molar-refractivity contribution in [3.63, 3.8) is 0 Å². The molecule has 26 heavy (non-hydrogen) atoms. The Kier molecular flexibility index (Phi) is 5.29. The summed E-state index contributed by atoms with van der Waals surface area (Å²) in [6.07, 6.45) is 2.74. The van der Waals surface area contributed by atoms with Gasteiger partial charge in [-0.15, -0.1) is 0 Å². The fourth-order valence-corrected chi connectivity index (χ4v) is 3.25. The number of aldehydes is 1. The Morgan fingerprint density at radius 1 is 1.23 bits per heavy atom. The van der Waals surface area contributed by atoms with E-state index >= 15 is 0 Å². The van der Waals surface area contributed by atoms with Gasteiger partial charge in [-0.05, 0) is 37.5 Å². The molecule has 0 aliphatic carbocycles. The van der Waals surface area contributed by atoms with Crippen LogP contribution in [0, 0.1) is 11.7 Å². The highest BCUT2D eigenvalue weighted by molar-refractivity contribution is 6.03. The minimum Gasteiger partial charge on any atom is -0.371 e. The predicted octanol–water partition coefficient (Wildman–Crippen LogP) is 0.776. The Hall–Kier alpha value is -2.77. The second-order valence-corrected chi connectivity index (χ2v) is 6.60. The van der Waals surface area contributed by atoms with Crippen LogP contribution < -0.4 is 15.5 Å². The Bertz CT molecular complexity index is 744. The van der Waals surface area contributed by atoms with E-state index < -0.39 is 23.7 Å². The number of anilines is 1. The van der Waals surface area contributed by atoms with Gasteiger partial charge >= 0.3 is 0 Å². The van der Waals surface area contributed by atoms with Gasteiger partial charge < -0.3 is 15.0 Å². The van der Waals surface area contributed by atoms with Crippen molar-refractivity contribution in [1.29, 1.82) is 0 Å². The molecule has 1 aromatic carbocycles. The summed E-state index contributed by atoms with van der Waals surface area (Å²) in [4.78, 5) is 47.9. The summed E-state index contributed by atoms with van der Waals surface area (Å²) in [7, 11) is 0. The maximum Gasteiger partial charge on any atom is 0.254 e. The minimum atomic E-state index is -0.846. The van der Waals surface area contributed by atoms with Crippen molar-refractivity contribution >= 4 is 29.7 Å². The highest BCUT2D eigenvalue weighted by Gasteiger charge is 2.29. The fraction of sp³-hybridized carbons (Fsp3) is 0.444.